The minimum Gasteiger partial charge on any atom is -0.439 e. The lowest BCUT2D eigenvalue weighted by molar-refractivity contribution is 0.451. The van der Waals surface area contributed by atoms with Gasteiger partial charge in [0.2, 0.25) is 5.88 Å². The maximum atomic E-state index is 13.3. The lowest BCUT2D eigenvalue weighted by atomic mass is 10.1. The van der Waals surface area contributed by atoms with E-state index in [2.05, 4.69) is 20.9 Å². The number of benzene rings is 1. The first-order valence-corrected chi connectivity index (χ1v) is 6.99. The first-order chi connectivity index (χ1) is 8.99. The highest BCUT2D eigenvalue weighted by Crippen LogP contribution is 2.29. The van der Waals surface area contributed by atoms with Crippen molar-refractivity contribution in [3.8, 4) is 11.6 Å². The maximum Gasteiger partial charge on any atom is 0.224 e. The molecule has 0 spiro atoms. The summed E-state index contributed by atoms with van der Waals surface area (Å²) in [5, 5.41) is 0. The van der Waals surface area contributed by atoms with Crippen LogP contribution < -0.4 is 4.74 Å². The average Bonchev–Trinajstić information content (AvgIpc) is 2.26. The molecule has 0 bridgehead atoms. The van der Waals surface area contributed by atoms with Crippen LogP contribution in [-0.4, -0.2) is 4.98 Å². The Hall–Kier alpha value is -1.13. The van der Waals surface area contributed by atoms with Crippen LogP contribution >= 0.6 is 27.5 Å². The van der Waals surface area contributed by atoms with E-state index in [1.165, 1.54) is 12.1 Å². The monoisotopic (exact) mass is 343 g/mol. The van der Waals surface area contributed by atoms with Crippen molar-refractivity contribution in [2.24, 2.45) is 0 Å². The molecular formula is C14H12BrClFNO. The number of aromatic nitrogens is 1. The van der Waals surface area contributed by atoms with Crippen molar-refractivity contribution < 1.29 is 9.13 Å². The molecule has 1 aromatic heterocycles. The quantitative estimate of drug-likeness (QED) is 0.720. The summed E-state index contributed by atoms with van der Waals surface area (Å²) in [4.78, 5) is 4.31. The van der Waals surface area contributed by atoms with E-state index in [0.29, 0.717) is 22.0 Å². The second-order valence-corrected chi connectivity index (χ2v) is 5.39. The van der Waals surface area contributed by atoms with Crippen molar-refractivity contribution in [3.05, 3.63) is 51.4 Å². The molecule has 0 atom stereocenters. The van der Waals surface area contributed by atoms with Crippen LogP contribution in [0, 0.1) is 19.7 Å². The van der Waals surface area contributed by atoms with E-state index in [-0.39, 0.29) is 5.82 Å². The van der Waals surface area contributed by atoms with E-state index in [1.807, 2.05) is 19.9 Å². The van der Waals surface area contributed by atoms with E-state index in [0.717, 1.165) is 16.8 Å². The first kappa shape index (κ1) is 14.3. The summed E-state index contributed by atoms with van der Waals surface area (Å²) < 4.78 is 19.6. The number of aryl methyl sites for hydroxylation is 2. The Labute approximate surface area is 124 Å². The SMILES string of the molecule is Cc1cc(C)c(CCl)c(Oc2cc(F)cc(Br)c2)n1. The van der Waals surface area contributed by atoms with Crippen LogP contribution in [0.1, 0.15) is 16.8 Å². The van der Waals surface area contributed by atoms with Gasteiger partial charge >= 0.3 is 0 Å². The molecule has 0 N–H and O–H groups in total. The van der Waals surface area contributed by atoms with Gasteiger partial charge in [0.05, 0.1) is 5.88 Å². The third kappa shape index (κ3) is 3.45. The summed E-state index contributed by atoms with van der Waals surface area (Å²) in [6.07, 6.45) is 0. The van der Waals surface area contributed by atoms with Crippen LogP contribution in [0.5, 0.6) is 11.6 Å². The van der Waals surface area contributed by atoms with Gasteiger partial charge in [-0.2, -0.15) is 0 Å². The molecule has 0 saturated carbocycles. The molecule has 0 unspecified atom stereocenters. The number of pyridine rings is 1. The van der Waals surface area contributed by atoms with Crippen LogP contribution in [0.15, 0.2) is 28.7 Å². The number of ether oxygens (including phenoxy) is 1. The Kier molecular flexibility index (Phi) is 4.42. The molecule has 0 amide bonds. The van der Waals surface area contributed by atoms with Crippen LogP contribution in [-0.2, 0) is 5.88 Å². The minimum atomic E-state index is -0.374. The van der Waals surface area contributed by atoms with Crippen molar-refractivity contribution in [1.29, 1.82) is 0 Å². The van der Waals surface area contributed by atoms with Gasteiger partial charge < -0.3 is 4.74 Å². The Morgan fingerprint density at radius 2 is 2.00 bits per heavy atom. The van der Waals surface area contributed by atoms with Crippen LogP contribution in [0.2, 0.25) is 0 Å². The van der Waals surface area contributed by atoms with Gasteiger partial charge in [-0.15, -0.1) is 11.6 Å². The van der Waals surface area contributed by atoms with E-state index >= 15 is 0 Å². The molecule has 5 heteroatoms. The largest absolute Gasteiger partial charge is 0.439 e. The van der Waals surface area contributed by atoms with E-state index in [1.54, 1.807) is 6.07 Å². The fourth-order valence-electron chi connectivity index (χ4n) is 1.78. The number of halogens is 3. The normalized spacial score (nSPS) is 10.6. The Bertz CT molecular complexity index is 598. The number of nitrogens with zero attached hydrogens (tertiary/aromatic N) is 1. The lowest BCUT2D eigenvalue weighted by Crippen LogP contribution is -1.98. The van der Waals surface area contributed by atoms with Gasteiger partial charge in [0.25, 0.3) is 0 Å². The molecule has 0 radical (unpaired) electrons. The van der Waals surface area contributed by atoms with Crippen molar-refractivity contribution in [1.82, 2.24) is 4.98 Å². The Morgan fingerprint density at radius 3 is 2.63 bits per heavy atom. The predicted octanol–water partition coefficient (Wildman–Crippen LogP) is 5.13. The fourth-order valence-corrected chi connectivity index (χ4v) is 2.54. The summed E-state index contributed by atoms with van der Waals surface area (Å²) >= 11 is 9.14. The van der Waals surface area contributed by atoms with E-state index in [9.17, 15) is 4.39 Å². The molecule has 2 rings (SSSR count). The second kappa shape index (κ2) is 5.88. The van der Waals surface area contributed by atoms with Crippen molar-refractivity contribution >= 4 is 27.5 Å². The van der Waals surface area contributed by atoms with E-state index in [4.69, 9.17) is 16.3 Å². The zero-order valence-corrected chi connectivity index (χ0v) is 12.8. The standard InChI is InChI=1S/C14H12BrClFNO/c1-8-3-9(2)18-14(13(8)7-16)19-12-5-10(15)4-11(17)6-12/h3-6H,7H2,1-2H3. The summed E-state index contributed by atoms with van der Waals surface area (Å²) in [5.41, 5.74) is 2.65. The summed E-state index contributed by atoms with van der Waals surface area (Å²) in [6.45, 7) is 3.82. The molecule has 1 aromatic carbocycles. The smallest absolute Gasteiger partial charge is 0.224 e. The van der Waals surface area contributed by atoms with Crippen LogP contribution in [0.3, 0.4) is 0 Å². The summed E-state index contributed by atoms with van der Waals surface area (Å²) in [6, 6.07) is 6.29. The zero-order valence-electron chi connectivity index (χ0n) is 10.5. The topological polar surface area (TPSA) is 22.1 Å². The van der Waals surface area contributed by atoms with Gasteiger partial charge in [0, 0.05) is 21.8 Å². The number of hydrogen-bond donors (Lipinski definition) is 0. The minimum absolute atomic E-state index is 0.297. The maximum absolute atomic E-state index is 13.3. The average molecular weight is 345 g/mol. The Morgan fingerprint density at radius 1 is 1.26 bits per heavy atom. The van der Waals surface area contributed by atoms with Crippen molar-refractivity contribution in [2.45, 2.75) is 19.7 Å². The molecule has 0 aliphatic rings. The third-order valence-electron chi connectivity index (χ3n) is 2.62. The molecule has 0 saturated heterocycles. The van der Waals surface area contributed by atoms with Gasteiger partial charge in [-0.25, -0.2) is 9.37 Å². The molecule has 2 nitrogen and oxygen atoms in total. The second-order valence-electron chi connectivity index (χ2n) is 4.21. The number of rotatable bonds is 3. The molecule has 19 heavy (non-hydrogen) atoms. The van der Waals surface area contributed by atoms with Gasteiger partial charge in [-0.3, -0.25) is 0 Å². The van der Waals surface area contributed by atoms with Gasteiger partial charge in [-0.1, -0.05) is 15.9 Å². The number of alkyl halides is 1. The van der Waals surface area contributed by atoms with Crippen molar-refractivity contribution in [2.75, 3.05) is 0 Å². The molecule has 0 aliphatic heterocycles. The zero-order chi connectivity index (χ0) is 14.0. The predicted molar refractivity (Wildman–Crippen MR) is 77.4 cm³/mol. The fraction of sp³-hybridized carbons (Fsp3) is 0.214. The van der Waals surface area contributed by atoms with Gasteiger partial charge in [0.1, 0.15) is 11.6 Å². The molecule has 2 aromatic rings. The summed E-state index contributed by atoms with van der Waals surface area (Å²) in [7, 11) is 0. The third-order valence-corrected chi connectivity index (χ3v) is 3.35. The Balaban J connectivity index is 2.42. The van der Waals surface area contributed by atoms with Crippen LogP contribution in [0.25, 0.3) is 0 Å². The van der Waals surface area contributed by atoms with Crippen molar-refractivity contribution in [3.63, 3.8) is 0 Å². The highest BCUT2D eigenvalue weighted by Gasteiger charge is 2.11. The first-order valence-electron chi connectivity index (χ1n) is 5.66. The van der Waals surface area contributed by atoms with Gasteiger partial charge in [-0.05, 0) is 37.6 Å². The molecule has 0 fully saturated rings. The highest BCUT2D eigenvalue weighted by atomic mass is 79.9. The van der Waals surface area contributed by atoms with Gasteiger partial charge in [0.15, 0.2) is 0 Å². The molecule has 1 heterocycles. The lowest BCUT2D eigenvalue weighted by Gasteiger charge is -2.12. The molecular weight excluding hydrogens is 333 g/mol. The highest BCUT2D eigenvalue weighted by molar-refractivity contribution is 9.10. The summed E-state index contributed by atoms with van der Waals surface area (Å²) in [5.74, 6) is 0.729. The number of hydrogen-bond acceptors (Lipinski definition) is 2. The molecule has 0 aliphatic carbocycles. The van der Waals surface area contributed by atoms with Crippen LogP contribution in [0.4, 0.5) is 4.39 Å². The van der Waals surface area contributed by atoms with E-state index < -0.39 is 0 Å². The molecule has 100 valence electrons.